The highest BCUT2D eigenvalue weighted by Crippen LogP contribution is 2.31. The van der Waals surface area contributed by atoms with Crippen molar-refractivity contribution in [3.05, 3.63) is 0 Å². The first kappa shape index (κ1) is 15.6. The van der Waals surface area contributed by atoms with Crippen LogP contribution in [0.5, 0.6) is 0 Å². The number of hydrogen-bond donors (Lipinski definition) is 2. The molecule has 0 aromatic rings. The molecule has 3 N–H and O–H groups in total. The van der Waals surface area contributed by atoms with Gasteiger partial charge in [0.15, 0.2) is 0 Å². The fourth-order valence-electron chi connectivity index (χ4n) is 3.22. The van der Waals surface area contributed by atoms with E-state index in [1.54, 1.807) is 11.8 Å². The summed E-state index contributed by atoms with van der Waals surface area (Å²) in [5.74, 6) is -1.37. The van der Waals surface area contributed by atoms with Gasteiger partial charge in [-0.2, -0.15) is 0 Å². The van der Waals surface area contributed by atoms with Crippen LogP contribution in [0.2, 0.25) is 0 Å². The predicted octanol–water partition coefficient (Wildman–Crippen LogP) is 0.633. The Morgan fingerprint density at radius 1 is 1.19 bits per heavy atom. The van der Waals surface area contributed by atoms with Crippen LogP contribution in [0.3, 0.4) is 0 Å². The number of amides is 3. The molecular weight excluding hydrogens is 274 g/mol. The average molecular weight is 297 g/mol. The van der Waals surface area contributed by atoms with Crippen molar-refractivity contribution in [1.82, 2.24) is 9.80 Å². The summed E-state index contributed by atoms with van der Waals surface area (Å²) >= 11 is 0. The SMILES string of the molecule is CC1(C(=O)O)CCCN(C(=O)N2CCCCC2C(N)=O)C1. The monoisotopic (exact) mass is 297 g/mol. The van der Waals surface area contributed by atoms with Crippen molar-refractivity contribution in [2.24, 2.45) is 11.1 Å². The van der Waals surface area contributed by atoms with Crippen LogP contribution in [0.15, 0.2) is 0 Å². The number of carbonyl (C=O) groups excluding carboxylic acids is 2. The molecule has 2 saturated heterocycles. The third-order valence-electron chi connectivity index (χ3n) is 4.56. The minimum atomic E-state index is -0.911. The maximum absolute atomic E-state index is 12.6. The highest BCUT2D eigenvalue weighted by Gasteiger charge is 2.42. The van der Waals surface area contributed by atoms with Gasteiger partial charge in [0.25, 0.3) is 0 Å². The molecule has 7 nitrogen and oxygen atoms in total. The van der Waals surface area contributed by atoms with Crippen molar-refractivity contribution >= 4 is 17.9 Å². The van der Waals surface area contributed by atoms with Gasteiger partial charge in [-0.1, -0.05) is 0 Å². The molecule has 0 bridgehead atoms. The fourth-order valence-corrected chi connectivity index (χ4v) is 3.22. The summed E-state index contributed by atoms with van der Waals surface area (Å²) in [5.41, 5.74) is 4.47. The Hall–Kier alpha value is -1.79. The number of aliphatic carboxylic acids is 1. The number of carboxylic acids is 1. The van der Waals surface area contributed by atoms with E-state index >= 15 is 0 Å². The van der Waals surface area contributed by atoms with E-state index in [0.29, 0.717) is 32.4 Å². The molecule has 0 radical (unpaired) electrons. The molecule has 2 atom stereocenters. The van der Waals surface area contributed by atoms with Crippen LogP contribution in [0.25, 0.3) is 0 Å². The van der Waals surface area contributed by atoms with Gasteiger partial charge in [-0.05, 0) is 39.0 Å². The molecule has 0 spiro atoms. The first-order valence-corrected chi connectivity index (χ1v) is 7.43. The molecule has 0 saturated carbocycles. The molecule has 2 fully saturated rings. The zero-order valence-corrected chi connectivity index (χ0v) is 12.4. The van der Waals surface area contributed by atoms with E-state index in [-0.39, 0.29) is 12.6 Å². The quantitative estimate of drug-likeness (QED) is 0.780. The number of piperidine rings is 2. The molecule has 2 unspecified atom stereocenters. The number of primary amides is 1. The highest BCUT2D eigenvalue weighted by molar-refractivity contribution is 5.86. The molecule has 0 aromatic carbocycles. The Morgan fingerprint density at radius 3 is 2.52 bits per heavy atom. The van der Waals surface area contributed by atoms with Crippen molar-refractivity contribution in [2.45, 2.75) is 45.1 Å². The van der Waals surface area contributed by atoms with Crippen molar-refractivity contribution in [3.63, 3.8) is 0 Å². The molecule has 0 aliphatic carbocycles. The smallest absolute Gasteiger partial charge is 0.320 e. The van der Waals surface area contributed by atoms with Gasteiger partial charge < -0.3 is 20.6 Å². The van der Waals surface area contributed by atoms with Crippen molar-refractivity contribution in [1.29, 1.82) is 0 Å². The maximum atomic E-state index is 12.6. The van der Waals surface area contributed by atoms with Crippen LogP contribution >= 0.6 is 0 Å². The number of nitrogens with two attached hydrogens (primary N) is 1. The summed E-state index contributed by atoms with van der Waals surface area (Å²) in [7, 11) is 0. The zero-order valence-electron chi connectivity index (χ0n) is 12.4. The molecular formula is C14H23N3O4. The number of rotatable bonds is 2. The number of urea groups is 1. The molecule has 7 heteroatoms. The van der Waals surface area contributed by atoms with Crippen molar-refractivity contribution < 1.29 is 19.5 Å². The second kappa shape index (κ2) is 5.91. The number of carbonyl (C=O) groups is 3. The second-order valence-electron chi connectivity index (χ2n) is 6.28. The lowest BCUT2D eigenvalue weighted by molar-refractivity contribution is -0.150. The minimum absolute atomic E-state index is 0.184. The summed E-state index contributed by atoms with van der Waals surface area (Å²) in [5, 5.41) is 9.32. The van der Waals surface area contributed by atoms with Gasteiger partial charge >= 0.3 is 12.0 Å². The molecule has 2 rings (SSSR count). The first-order chi connectivity index (χ1) is 9.85. The summed E-state index contributed by atoms with van der Waals surface area (Å²) in [6.45, 7) is 2.89. The van der Waals surface area contributed by atoms with Crippen LogP contribution in [0.1, 0.15) is 39.0 Å². The molecule has 2 aliphatic heterocycles. The van der Waals surface area contributed by atoms with E-state index in [1.165, 1.54) is 4.90 Å². The van der Waals surface area contributed by atoms with E-state index in [9.17, 15) is 19.5 Å². The third kappa shape index (κ3) is 3.11. The number of nitrogens with zero attached hydrogens (tertiary/aromatic N) is 2. The van der Waals surface area contributed by atoms with E-state index in [2.05, 4.69) is 0 Å². The Kier molecular flexibility index (Phi) is 4.39. The Balaban J connectivity index is 2.11. The van der Waals surface area contributed by atoms with Crippen molar-refractivity contribution in [3.8, 4) is 0 Å². The lowest BCUT2D eigenvalue weighted by Gasteiger charge is -2.42. The first-order valence-electron chi connectivity index (χ1n) is 7.43. The van der Waals surface area contributed by atoms with E-state index in [1.807, 2.05) is 0 Å². The third-order valence-corrected chi connectivity index (χ3v) is 4.56. The summed E-state index contributed by atoms with van der Waals surface area (Å²) < 4.78 is 0. The molecule has 2 aliphatic rings. The molecule has 118 valence electrons. The second-order valence-corrected chi connectivity index (χ2v) is 6.28. The van der Waals surface area contributed by atoms with Gasteiger partial charge in [-0.15, -0.1) is 0 Å². The predicted molar refractivity (Wildman–Crippen MR) is 75.5 cm³/mol. The van der Waals surface area contributed by atoms with Crippen LogP contribution in [0, 0.1) is 5.41 Å². The molecule has 2 heterocycles. The van der Waals surface area contributed by atoms with E-state index < -0.39 is 23.3 Å². The van der Waals surface area contributed by atoms with Gasteiger partial charge in [-0.3, -0.25) is 9.59 Å². The molecule has 3 amide bonds. The normalized spacial score (nSPS) is 30.0. The summed E-state index contributed by atoms with van der Waals surface area (Å²) in [6.07, 6.45) is 3.53. The van der Waals surface area contributed by atoms with Crippen LogP contribution in [-0.2, 0) is 9.59 Å². The minimum Gasteiger partial charge on any atom is -0.481 e. The van der Waals surface area contributed by atoms with E-state index in [4.69, 9.17) is 5.73 Å². The lowest BCUT2D eigenvalue weighted by Crippen LogP contribution is -2.58. The summed E-state index contributed by atoms with van der Waals surface area (Å²) in [4.78, 5) is 38.6. The van der Waals surface area contributed by atoms with Gasteiger partial charge in [-0.25, -0.2) is 4.79 Å². The Morgan fingerprint density at radius 2 is 1.90 bits per heavy atom. The standard InChI is InChI=1S/C14H23N3O4/c1-14(12(19)20)6-4-7-16(9-14)13(21)17-8-3-2-5-10(17)11(15)18/h10H,2-9H2,1H3,(H2,15,18)(H,19,20). The number of carboxylic acid groups (broad SMARTS) is 1. The highest BCUT2D eigenvalue weighted by atomic mass is 16.4. The van der Waals surface area contributed by atoms with Crippen molar-refractivity contribution in [2.75, 3.05) is 19.6 Å². The maximum Gasteiger partial charge on any atom is 0.320 e. The van der Waals surface area contributed by atoms with Gasteiger partial charge in [0.05, 0.1) is 5.41 Å². The average Bonchev–Trinajstić information content (AvgIpc) is 2.46. The van der Waals surface area contributed by atoms with Crippen LogP contribution in [0.4, 0.5) is 4.79 Å². The van der Waals surface area contributed by atoms with E-state index in [0.717, 1.165) is 12.8 Å². The Bertz CT molecular complexity index is 454. The number of hydrogen-bond acceptors (Lipinski definition) is 3. The number of likely N-dealkylation sites (tertiary alicyclic amines) is 2. The van der Waals surface area contributed by atoms with Gasteiger partial charge in [0.1, 0.15) is 6.04 Å². The van der Waals surface area contributed by atoms with Gasteiger partial charge in [0.2, 0.25) is 5.91 Å². The van der Waals surface area contributed by atoms with Crippen LogP contribution < -0.4 is 5.73 Å². The molecule has 21 heavy (non-hydrogen) atoms. The summed E-state index contributed by atoms with van der Waals surface area (Å²) in [6, 6.07) is -0.824. The fraction of sp³-hybridized carbons (Fsp3) is 0.786. The van der Waals surface area contributed by atoms with Gasteiger partial charge in [0, 0.05) is 19.6 Å². The largest absolute Gasteiger partial charge is 0.481 e. The van der Waals surface area contributed by atoms with Crippen LogP contribution in [-0.4, -0.2) is 58.5 Å². The topological polar surface area (TPSA) is 104 Å². The zero-order chi connectivity index (χ0) is 15.6. The molecule has 0 aromatic heterocycles. The lowest BCUT2D eigenvalue weighted by atomic mass is 9.82. The Labute approximate surface area is 124 Å².